The molecule has 74 valence electrons. The third kappa shape index (κ3) is 1330. The Kier molecular flexibility index (Phi) is 758. The van der Waals surface area contributed by atoms with E-state index in [9.17, 15) is 0 Å². The summed E-state index contributed by atoms with van der Waals surface area (Å²) in [6, 6.07) is 0. The Bertz CT molecular complexity index is 47.0. The van der Waals surface area contributed by atoms with E-state index in [1.165, 1.54) is 0 Å². The number of carbonyl (C=O) groups excluding carboxylic acids is 4. The predicted molar refractivity (Wildman–Crippen MR) is 42.4 cm³/mol. The SMILES string of the molecule is CN(C)C.[C]=O.[C]=O.[C]=O.[C]=O.[Fe]. The molecule has 5 nitrogen and oxygen atoms in total. The second-order valence-electron chi connectivity index (χ2n) is 1.34. The molecule has 0 aromatic rings. The molecular formula is C7H9FeNO4. The summed E-state index contributed by atoms with van der Waals surface area (Å²) in [6.07, 6.45) is 0. The zero-order valence-electron chi connectivity index (χ0n) is 7.43. The van der Waals surface area contributed by atoms with Gasteiger partial charge in [0.15, 0.2) is 0 Å². The van der Waals surface area contributed by atoms with Crippen molar-refractivity contribution in [3.8, 4) is 0 Å². The van der Waals surface area contributed by atoms with Gasteiger partial charge in [-0.2, -0.15) is 0 Å². The minimum atomic E-state index is 0. The molecule has 0 aromatic carbocycles. The molecule has 13 heavy (non-hydrogen) atoms. The first-order valence-corrected chi connectivity index (χ1v) is 2.16. The Hall–Kier alpha value is -0.841. The van der Waals surface area contributed by atoms with Gasteiger partial charge in [-0.05, 0) is 21.1 Å². The van der Waals surface area contributed by atoms with E-state index in [1.54, 1.807) is 0 Å². The quantitative estimate of drug-likeness (QED) is 0.475. The van der Waals surface area contributed by atoms with Crippen LogP contribution in [0.15, 0.2) is 0 Å². The Morgan fingerprint density at radius 2 is 0.615 bits per heavy atom. The summed E-state index contributed by atoms with van der Waals surface area (Å²) in [6.45, 7) is 18.0. The normalized spacial score (nSPS) is 4.00. The average Bonchev–Trinajstić information content (AvgIpc) is 2.16. The van der Waals surface area contributed by atoms with Gasteiger partial charge in [-0.25, -0.2) is 0 Å². The van der Waals surface area contributed by atoms with Crippen LogP contribution in [0.4, 0.5) is 0 Å². The summed E-state index contributed by atoms with van der Waals surface area (Å²) in [5, 5.41) is 0. The Labute approximate surface area is 90.0 Å². The van der Waals surface area contributed by atoms with Crippen LogP contribution in [0.3, 0.4) is 0 Å². The van der Waals surface area contributed by atoms with Gasteiger partial charge >= 0.3 is 0 Å². The van der Waals surface area contributed by atoms with E-state index in [-0.39, 0.29) is 17.1 Å². The maximum absolute atomic E-state index is 7.50. The molecular weight excluding hydrogens is 218 g/mol. The van der Waals surface area contributed by atoms with Crippen molar-refractivity contribution < 1.29 is 36.2 Å². The molecule has 0 N–H and O–H groups in total. The third-order valence-electron chi connectivity index (χ3n) is 0. The standard InChI is InChI=1S/C3H9N.4CO.Fe/c1-4(2)3;4*1-2;/h1-3H3;;;;;. The largest absolute Gasteiger partial charge is 0.312 e. The number of rotatable bonds is 0. The molecule has 0 unspecified atom stereocenters. The molecule has 0 aromatic heterocycles. The summed E-state index contributed by atoms with van der Waals surface area (Å²) < 4.78 is 0. The fourth-order valence-corrected chi connectivity index (χ4v) is 0. The summed E-state index contributed by atoms with van der Waals surface area (Å²) in [5.41, 5.74) is 0. The number of nitrogens with zero attached hydrogens (tertiary/aromatic N) is 1. The maximum Gasteiger partial charge on any atom is 0.281 e. The van der Waals surface area contributed by atoms with E-state index >= 15 is 0 Å². The van der Waals surface area contributed by atoms with Gasteiger partial charge in [0.2, 0.25) is 0 Å². The fourth-order valence-electron chi connectivity index (χ4n) is 0. The van der Waals surface area contributed by atoms with Crippen molar-refractivity contribution in [2.24, 2.45) is 0 Å². The van der Waals surface area contributed by atoms with Gasteiger partial charge in [0.25, 0.3) is 27.2 Å². The van der Waals surface area contributed by atoms with E-state index in [1.807, 2.05) is 26.0 Å². The van der Waals surface area contributed by atoms with Gasteiger partial charge in [0.05, 0.1) is 0 Å². The minimum Gasteiger partial charge on any atom is -0.312 e. The monoisotopic (exact) mass is 227 g/mol. The van der Waals surface area contributed by atoms with Crippen LogP contribution in [-0.4, -0.2) is 53.2 Å². The van der Waals surface area contributed by atoms with Crippen LogP contribution in [0.25, 0.3) is 0 Å². The van der Waals surface area contributed by atoms with Crippen molar-refractivity contribution >= 4 is 27.2 Å². The van der Waals surface area contributed by atoms with E-state index < -0.39 is 0 Å². The Morgan fingerprint density at radius 3 is 0.615 bits per heavy atom. The van der Waals surface area contributed by atoms with Gasteiger partial charge in [0.1, 0.15) is 0 Å². The van der Waals surface area contributed by atoms with Gasteiger partial charge in [-0.3, -0.25) is 19.2 Å². The fraction of sp³-hybridized carbons (Fsp3) is 0.429. The number of hydrogen-bond donors (Lipinski definition) is 0. The zero-order valence-corrected chi connectivity index (χ0v) is 8.54. The molecule has 0 spiro atoms. The molecule has 0 aliphatic rings. The molecule has 0 amide bonds. The van der Waals surface area contributed by atoms with E-state index in [2.05, 4.69) is 27.2 Å². The predicted octanol–water partition coefficient (Wildman–Crippen LogP) is -1.41. The van der Waals surface area contributed by atoms with Crippen molar-refractivity contribution in [2.45, 2.75) is 0 Å². The second kappa shape index (κ2) is 247. The first-order chi connectivity index (χ1) is 5.73. The van der Waals surface area contributed by atoms with E-state index in [4.69, 9.17) is 19.2 Å². The molecule has 0 bridgehead atoms. The zero-order chi connectivity index (χ0) is 11.6. The van der Waals surface area contributed by atoms with Gasteiger partial charge < -0.3 is 4.90 Å². The van der Waals surface area contributed by atoms with Crippen LogP contribution in [-0.2, 0) is 36.2 Å². The Morgan fingerprint density at radius 1 is 0.615 bits per heavy atom. The van der Waals surface area contributed by atoms with Crippen LogP contribution >= 0.6 is 0 Å². The van der Waals surface area contributed by atoms with Crippen LogP contribution in [0.5, 0.6) is 0 Å². The molecule has 6 heteroatoms. The van der Waals surface area contributed by atoms with Crippen molar-refractivity contribution in [2.75, 3.05) is 21.1 Å². The van der Waals surface area contributed by atoms with Crippen LogP contribution in [0.2, 0.25) is 0 Å². The molecule has 0 fully saturated rings. The van der Waals surface area contributed by atoms with Crippen molar-refractivity contribution in [1.29, 1.82) is 0 Å². The molecule has 0 saturated carbocycles. The van der Waals surface area contributed by atoms with Crippen molar-refractivity contribution in [3.05, 3.63) is 0 Å². The molecule has 8 radical (unpaired) electrons. The van der Waals surface area contributed by atoms with Crippen LogP contribution in [0, 0.1) is 0 Å². The first-order valence-electron chi connectivity index (χ1n) is 2.16. The van der Waals surface area contributed by atoms with Gasteiger partial charge in [-0.1, -0.05) is 0 Å². The second-order valence-corrected chi connectivity index (χ2v) is 1.34. The maximum atomic E-state index is 7.50. The van der Waals surface area contributed by atoms with Gasteiger partial charge in [-0.15, -0.1) is 0 Å². The average molecular weight is 227 g/mol. The summed E-state index contributed by atoms with van der Waals surface area (Å²) >= 11 is 0. The molecule has 0 saturated heterocycles. The molecule has 0 aliphatic heterocycles. The van der Waals surface area contributed by atoms with E-state index in [0.717, 1.165) is 0 Å². The van der Waals surface area contributed by atoms with Crippen molar-refractivity contribution in [1.82, 2.24) is 4.90 Å². The third-order valence-corrected chi connectivity index (χ3v) is 0. The smallest absolute Gasteiger partial charge is 0.281 e. The molecule has 0 aliphatic carbocycles. The molecule has 0 rings (SSSR count). The Balaban J connectivity index is -0.0000000122. The van der Waals surface area contributed by atoms with Crippen LogP contribution < -0.4 is 0 Å². The minimum absolute atomic E-state index is 0. The first kappa shape index (κ1) is 39.9. The number of hydrogen-bond acceptors (Lipinski definition) is 5. The van der Waals surface area contributed by atoms with Crippen molar-refractivity contribution in [3.63, 3.8) is 0 Å². The van der Waals surface area contributed by atoms with Gasteiger partial charge in [0, 0.05) is 17.1 Å². The van der Waals surface area contributed by atoms with Crippen LogP contribution in [0.1, 0.15) is 0 Å². The summed E-state index contributed by atoms with van der Waals surface area (Å²) in [4.78, 5) is 32.0. The molecule has 0 heterocycles. The van der Waals surface area contributed by atoms with E-state index in [0.29, 0.717) is 0 Å². The molecule has 0 atom stereocenters. The summed E-state index contributed by atoms with van der Waals surface area (Å²) in [5.74, 6) is 0. The summed E-state index contributed by atoms with van der Waals surface area (Å²) in [7, 11) is 6.00. The topological polar surface area (TPSA) is 71.5 Å².